The molecule has 0 aliphatic heterocycles. The minimum atomic E-state index is -0.0114. The van der Waals surface area contributed by atoms with E-state index < -0.39 is 0 Å². The predicted octanol–water partition coefficient (Wildman–Crippen LogP) is 4.36. The highest BCUT2D eigenvalue weighted by atomic mass is 32.1. The van der Waals surface area contributed by atoms with E-state index in [9.17, 15) is 4.79 Å². The maximum absolute atomic E-state index is 12.2. The van der Waals surface area contributed by atoms with Crippen molar-refractivity contribution in [3.63, 3.8) is 0 Å². The van der Waals surface area contributed by atoms with E-state index in [1.807, 2.05) is 54.8 Å². The molecule has 0 spiro atoms. The molecule has 0 fully saturated rings. The number of hydrogen-bond acceptors (Lipinski definition) is 4. The van der Waals surface area contributed by atoms with Crippen molar-refractivity contribution in [1.29, 1.82) is 0 Å². The number of carbonyl (C=O) groups excluding carboxylic acids is 1. The predicted molar refractivity (Wildman–Crippen MR) is 88.9 cm³/mol. The van der Waals surface area contributed by atoms with Crippen LogP contribution in [0, 0.1) is 6.92 Å². The summed E-state index contributed by atoms with van der Waals surface area (Å²) >= 11 is 3.23. The van der Waals surface area contributed by atoms with Gasteiger partial charge in [0.2, 0.25) is 5.91 Å². The van der Waals surface area contributed by atoms with Crippen molar-refractivity contribution in [3.05, 3.63) is 57.7 Å². The van der Waals surface area contributed by atoms with Gasteiger partial charge in [-0.05, 0) is 30.5 Å². The number of aromatic nitrogens is 1. The molecule has 21 heavy (non-hydrogen) atoms. The van der Waals surface area contributed by atoms with Crippen LogP contribution >= 0.6 is 22.7 Å². The Morgan fingerprint density at radius 1 is 1.19 bits per heavy atom. The van der Waals surface area contributed by atoms with Gasteiger partial charge in [0.1, 0.15) is 0 Å². The van der Waals surface area contributed by atoms with Gasteiger partial charge < -0.3 is 5.32 Å². The van der Waals surface area contributed by atoms with Crippen LogP contribution in [0.3, 0.4) is 0 Å². The lowest BCUT2D eigenvalue weighted by molar-refractivity contribution is -0.115. The molecule has 1 amide bonds. The van der Waals surface area contributed by atoms with Crippen molar-refractivity contribution >= 4 is 34.3 Å². The van der Waals surface area contributed by atoms with Crippen molar-refractivity contribution in [1.82, 2.24) is 4.98 Å². The van der Waals surface area contributed by atoms with E-state index in [2.05, 4.69) is 10.3 Å². The van der Waals surface area contributed by atoms with E-state index >= 15 is 0 Å². The maximum Gasteiger partial charge on any atom is 0.229 e. The molecule has 0 atom stereocenters. The lowest BCUT2D eigenvalue weighted by atomic mass is 10.2. The van der Waals surface area contributed by atoms with E-state index in [1.165, 1.54) is 0 Å². The molecule has 0 aliphatic carbocycles. The number of aryl methyl sites for hydroxylation is 1. The number of para-hydroxylation sites is 1. The van der Waals surface area contributed by atoms with E-state index in [-0.39, 0.29) is 5.91 Å². The number of carbonyl (C=O) groups is 1. The van der Waals surface area contributed by atoms with E-state index in [1.54, 1.807) is 22.7 Å². The second-order valence-corrected chi connectivity index (χ2v) is 6.81. The zero-order chi connectivity index (χ0) is 14.7. The molecule has 5 heteroatoms. The number of thiophene rings is 1. The van der Waals surface area contributed by atoms with Gasteiger partial charge in [-0.1, -0.05) is 24.3 Å². The Morgan fingerprint density at radius 2 is 2.00 bits per heavy atom. The number of nitrogens with one attached hydrogen (secondary N) is 1. The first-order chi connectivity index (χ1) is 10.2. The molecule has 0 radical (unpaired) electrons. The van der Waals surface area contributed by atoms with Crippen LogP contribution in [-0.4, -0.2) is 10.9 Å². The molecule has 3 rings (SSSR count). The second kappa shape index (κ2) is 6.20. The number of anilines is 1. The van der Waals surface area contributed by atoms with Crippen molar-refractivity contribution in [2.45, 2.75) is 13.3 Å². The van der Waals surface area contributed by atoms with Crippen LogP contribution in [0.5, 0.6) is 0 Å². The van der Waals surface area contributed by atoms with Gasteiger partial charge in [-0.15, -0.1) is 22.7 Å². The zero-order valence-corrected chi connectivity index (χ0v) is 13.1. The fourth-order valence-electron chi connectivity index (χ4n) is 2.07. The second-order valence-electron chi connectivity index (χ2n) is 4.57. The molecule has 1 aromatic carbocycles. The van der Waals surface area contributed by atoms with Gasteiger partial charge in [0.25, 0.3) is 0 Å². The van der Waals surface area contributed by atoms with Crippen molar-refractivity contribution in [3.8, 4) is 10.6 Å². The number of amides is 1. The fraction of sp³-hybridized carbons (Fsp3) is 0.125. The maximum atomic E-state index is 12.2. The summed E-state index contributed by atoms with van der Waals surface area (Å²) < 4.78 is 0. The molecule has 3 nitrogen and oxygen atoms in total. The normalized spacial score (nSPS) is 10.5. The summed E-state index contributed by atoms with van der Waals surface area (Å²) in [6.07, 6.45) is 0.355. The summed E-state index contributed by atoms with van der Waals surface area (Å²) in [6, 6.07) is 13.6. The van der Waals surface area contributed by atoms with Crippen LogP contribution in [-0.2, 0) is 11.2 Å². The topological polar surface area (TPSA) is 42.0 Å². The van der Waals surface area contributed by atoms with Crippen LogP contribution < -0.4 is 5.32 Å². The Balaban J connectivity index is 1.77. The minimum absolute atomic E-state index is 0.0114. The third-order valence-electron chi connectivity index (χ3n) is 2.94. The summed E-state index contributed by atoms with van der Waals surface area (Å²) in [5, 5.41) is 5.93. The van der Waals surface area contributed by atoms with E-state index in [0.717, 1.165) is 26.1 Å². The molecule has 0 unspecified atom stereocenters. The number of rotatable bonds is 4. The van der Waals surface area contributed by atoms with Gasteiger partial charge in [0, 0.05) is 10.6 Å². The highest BCUT2D eigenvalue weighted by Gasteiger charge is 2.15. The molecular weight excluding hydrogens is 300 g/mol. The van der Waals surface area contributed by atoms with Crippen LogP contribution in [0.1, 0.15) is 9.88 Å². The quantitative estimate of drug-likeness (QED) is 0.777. The Hall–Kier alpha value is -1.98. The van der Waals surface area contributed by atoms with Gasteiger partial charge in [0.15, 0.2) is 0 Å². The molecule has 1 N–H and O–H groups in total. The summed E-state index contributed by atoms with van der Waals surface area (Å²) in [5.74, 6) is -0.0114. The molecular formula is C16H14N2OS2. The first-order valence-electron chi connectivity index (χ1n) is 6.57. The summed E-state index contributed by atoms with van der Waals surface area (Å²) in [4.78, 5) is 18.9. The van der Waals surface area contributed by atoms with E-state index in [0.29, 0.717) is 6.42 Å². The number of benzene rings is 1. The number of thiazole rings is 1. The van der Waals surface area contributed by atoms with Gasteiger partial charge in [-0.25, -0.2) is 4.98 Å². The molecule has 0 saturated heterocycles. The number of nitrogens with zero attached hydrogens (tertiary/aromatic N) is 1. The van der Waals surface area contributed by atoms with Crippen molar-refractivity contribution < 1.29 is 4.79 Å². The van der Waals surface area contributed by atoms with E-state index in [4.69, 9.17) is 0 Å². The largest absolute Gasteiger partial charge is 0.326 e. The van der Waals surface area contributed by atoms with Crippen molar-refractivity contribution in [2.75, 3.05) is 5.32 Å². The highest BCUT2D eigenvalue weighted by molar-refractivity contribution is 7.15. The third-order valence-corrected chi connectivity index (χ3v) is 4.78. The smallest absolute Gasteiger partial charge is 0.229 e. The van der Waals surface area contributed by atoms with Crippen LogP contribution in [0.2, 0.25) is 0 Å². The summed E-state index contributed by atoms with van der Waals surface area (Å²) in [5.41, 5.74) is 1.76. The standard InChI is InChI=1S/C16H14N2OS2/c1-11-17-16(13-8-5-9-20-13)14(21-11)10-15(19)18-12-6-3-2-4-7-12/h2-9H,10H2,1H3,(H,18,19). The Kier molecular flexibility index (Phi) is 4.13. The Morgan fingerprint density at radius 3 is 2.71 bits per heavy atom. The zero-order valence-electron chi connectivity index (χ0n) is 11.5. The third kappa shape index (κ3) is 3.37. The molecule has 0 bridgehead atoms. The van der Waals surface area contributed by atoms with Gasteiger partial charge in [0.05, 0.1) is 22.0 Å². The molecule has 2 aromatic heterocycles. The Labute approximate surface area is 131 Å². The molecule has 3 aromatic rings. The summed E-state index contributed by atoms with van der Waals surface area (Å²) in [6.45, 7) is 1.97. The van der Waals surface area contributed by atoms with Gasteiger partial charge in [-0.3, -0.25) is 4.79 Å². The van der Waals surface area contributed by atoms with Gasteiger partial charge in [-0.2, -0.15) is 0 Å². The lowest BCUT2D eigenvalue weighted by Gasteiger charge is -2.04. The average Bonchev–Trinajstić information content (AvgIpc) is 3.09. The SMILES string of the molecule is Cc1nc(-c2cccs2)c(CC(=O)Nc2ccccc2)s1. The molecule has 0 saturated carbocycles. The first kappa shape index (κ1) is 14.0. The van der Waals surface area contributed by atoms with Crippen LogP contribution in [0.15, 0.2) is 47.8 Å². The Bertz CT molecular complexity index is 733. The summed E-state index contributed by atoms with van der Waals surface area (Å²) in [7, 11) is 0. The monoisotopic (exact) mass is 314 g/mol. The lowest BCUT2D eigenvalue weighted by Crippen LogP contribution is -2.13. The molecule has 106 valence electrons. The fourth-order valence-corrected chi connectivity index (χ4v) is 3.82. The first-order valence-corrected chi connectivity index (χ1v) is 8.27. The molecule has 0 aliphatic rings. The molecule has 2 heterocycles. The average molecular weight is 314 g/mol. The number of hydrogen-bond donors (Lipinski definition) is 1. The van der Waals surface area contributed by atoms with Crippen LogP contribution in [0.4, 0.5) is 5.69 Å². The minimum Gasteiger partial charge on any atom is -0.326 e. The van der Waals surface area contributed by atoms with Crippen LogP contribution in [0.25, 0.3) is 10.6 Å². The highest BCUT2D eigenvalue weighted by Crippen LogP contribution is 2.31. The van der Waals surface area contributed by atoms with Crippen molar-refractivity contribution in [2.24, 2.45) is 0 Å². The van der Waals surface area contributed by atoms with Gasteiger partial charge >= 0.3 is 0 Å².